The summed E-state index contributed by atoms with van der Waals surface area (Å²) in [4.78, 5) is 4.96. The molecule has 2 aromatic carbocycles. The van der Waals surface area contributed by atoms with Crippen LogP contribution in [0.1, 0.15) is 134 Å². The summed E-state index contributed by atoms with van der Waals surface area (Å²) in [6, 6.07) is 15.7. The predicted molar refractivity (Wildman–Crippen MR) is 155 cm³/mol. The molecule has 2 nitrogen and oxygen atoms in total. The van der Waals surface area contributed by atoms with Crippen molar-refractivity contribution < 1.29 is 4.42 Å². The van der Waals surface area contributed by atoms with Gasteiger partial charge in [-0.3, -0.25) is 0 Å². The molecule has 0 atom stereocenters. The van der Waals surface area contributed by atoms with Crippen LogP contribution in [-0.4, -0.2) is 4.98 Å². The number of nitrogens with zero attached hydrogens (tertiary/aromatic N) is 1. The normalized spacial score (nSPS) is 18.2. The number of oxazole rings is 1. The summed E-state index contributed by atoms with van der Waals surface area (Å²) in [5.41, 5.74) is 5.91. The Kier molecular flexibility index (Phi) is 10.9. The van der Waals surface area contributed by atoms with Gasteiger partial charge in [0, 0.05) is 5.92 Å². The lowest BCUT2D eigenvalue weighted by molar-refractivity contribution is 0.279. The lowest BCUT2D eigenvalue weighted by Gasteiger charge is -2.26. The number of rotatable bonds is 15. The molecule has 1 aliphatic carbocycles. The Labute approximate surface area is 220 Å². The van der Waals surface area contributed by atoms with Gasteiger partial charge < -0.3 is 4.42 Å². The average Bonchev–Trinajstić information content (AvgIpc) is 3.35. The van der Waals surface area contributed by atoms with Gasteiger partial charge in [-0.15, -0.1) is 0 Å². The van der Waals surface area contributed by atoms with Crippen LogP contribution in [0.2, 0.25) is 0 Å². The maximum absolute atomic E-state index is 6.23. The molecule has 36 heavy (non-hydrogen) atoms. The van der Waals surface area contributed by atoms with Crippen molar-refractivity contribution in [3.63, 3.8) is 0 Å². The standard InChI is InChI=1S/C34H49NO/c1-3-5-7-8-9-10-11-13-15-28-16-20-29(21-17-28)31-24-25-33-32(26-31)35-34(36-33)30-22-18-27(19-23-30)14-12-6-4-2/h16-17,20-21,24-27,30H,3-15,18-19,22-23H2,1-2H3. The molecule has 0 amide bonds. The fraction of sp³-hybridized carbons (Fsp3) is 0.618. The average molecular weight is 488 g/mol. The summed E-state index contributed by atoms with van der Waals surface area (Å²) in [6.07, 6.45) is 22.9. The lowest BCUT2D eigenvalue weighted by atomic mass is 9.79. The van der Waals surface area contributed by atoms with E-state index < -0.39 is 0 Å². The lowest BCUT2D eigenvalue weighted by Crippen LogP contribution is -2.13. The highest BCUT2D eigenvalue weighted by molar-refractivity contribution is 5.80. The maximum Gasteiger partial charge on any atom is 0.198 e. The van der Waals surface area contributed by atoms with Gasteiger partial charge in [0.2, 0.25) is 0 Å². The predicted octanol–water partition coefficient (Wildman–Crippen LogP) is 11.0. The first kappa shape index (κ1) is 27.0. The molecule has 0 radical (unpaired) electrons. The van der Waals surface area contributed by atoms with Gasteiger partial charge in [0.1, 0.15) is 5.52 Å². The van der Waals surface area contributed by atoms with Crippen LogP contribution in [0.15, 0.2) is 46.9 Å². The van der Waals surface area contributed by atoms with Crippen LogP contribution in [-0.2, 0) is 6.42 Å². The molecule has 1 heterocycles. The Morgan fingerprint density at radius 2 is 1.33 bits per heavy atom. The highest BCUT2D eigenvalue weighted by Crippen LogP contribution is 2.38. The quantitative estimate of drug-likeness (QED) is 0.199. The molecule has 196 valence electrons. The van der Waals surface area contributed by atoms with Crippen LogP contribution in [0.25, 0.3) is 22.2 Å². The Balaban J connectivity index is 1.26. The molecule has 0 unspecified atom stereocenters. The second-order valence-electron chi connectivity index (χ2n) is 11.4. The number of aryl methyl sites for hydroxylation is 1. The summed E-state index contributed by atoms with van der Waals surface area (Å²) < 4.78 is 6.23. The van der Waals surface area contributed by atoms with E-state index in [-0.39, 0.29) is 0 Å². The molecular formula is C34H49NO. The Bertz CT molecular complexity index is 1010. The Hall–Kier alpha value is -2.09. The molecule has 1 aliphatic rings. The largest absolute Gasteiger partial charge is 0.440 e. The minimum atomic E-state index is 0.499. The second-order valence-corrected chi connectivity index (χ2v) is 11.4. The Morgan fingerprint density at radius 1 is 0.694 bits per heavy atom. The topological polar surface area (TPSA) is 26.0 Å². The van der Waals surface area contributed by atoms with Gasteiger partial charge in [0.15, 0.2) is 11.5 Å². The minimum absolute atomic E-state index is 0.499. The first-order valence-electron chi connectivity index (χ1n) is 15.3. The van der Waals surface area contributed by atoms with Crippen LogP contribution in [0.4, 0.5) is 0 Å². The van der Waals surface area contributed by atoms with Gasteiger partial charge in [0.05, 0.1) is 0 Å². The van der Waals surface area contributed by atoms with E-state index in [4.69, 9.17) is 9.40 Å². The van der Waals surface area contributed by atoms with Crippen molar-refractivity contribution in [3.05, 3.63) is 53.9 Å². The van der Waals surface area contributed by atoms with Gasteiger partial charge in [-0.05, 0) is 73.3 Å². The van der Waals surface area contributed by atoms with Crippen molar-refractivity contribution in [1.29, 1.82) is 0 Å². The number of aromatic nitrogens is 1. The molecule has 0 spiro atoms. The zero-order chi connectivity index (χ0) is 25.0. The van der Waals surface area contributed by atoms with Crippen molar-refractivity contribution in [3.8, 4) is 11.1 Å². The van der Waals surface area contributed by atoms with E-state index in [1.807, 2.05) is 0 Å². The third-order valence-corrected chi connectivity index (χ3v) is 8.42. The van der Waals surface area contributed by atoms with Gasteiger partial charge in [-0.25, -0.2) is 4.98 Å². The van der Waals surface area contributed by atoms with E-state index in [1.165, 1.54) is 126 Å². The second kappa shape index (κ2) is 14.6. The molecule has 1 aromatic heterocycles. The number of unbranched alkanes of at least 4 members (excludes halogenated alkanes) is 9. The summed E-state index contributed by atoms with van der Waals surface area (Å²) in [7, 11) is 0. The van der Waals surface area contributed by atoms with Gasteiger partial charge in [-0.1, -0.05) is 115 Å². The molecule has 2 heteroatoms. The van der Waals surface area contributed by atoms with Crippen LogP contribution in [0, 0.1) is 5.92 Å². The van der Waals surface area contributed by atoms with Crippen LogP contribution >= 0.6 is 0 Å². The van der Waals surface area contributed by atoms with E-state index in [0.29, 0.717) is 5.92 Å². The van der Waals surface area contributed by atoms with Crippen LogP contribution in [0.3, 0.4) is 0 Å². The monoisotopic (exact) mass is 487 g/mol. The molecular weight excluding hydrogens is 438 g/mol. The summed E-state index contributed by atoms with van der Waals surface area (Å²) in [5, 5.41) is 0. The van der Waals surface area contributed by atoms with Gasteiger partial charge in [0.25, 0.3) is 0 Å². The van der Waals surface area contributed by atoms with E-state index >= 15 is 0 Å². The van der Waals surface area contributed by atoms with Gasteiger partial charge in [-0.2, -0.15) is 0 Å². The highest BCUT2D eigenvalue weighted by Gasteiger charge is 2.25. The molecule has 3 aromatic rings. The zero-order valence-electron chi connectivity index (χ0n) is 23.1. The van der Waals surface area contributed by atoms with Crippen molar-refractivity contribution in [1.82, 2.24) is 4.98 Å². The maximum atomic E-state index is 6.23. The SMILES string of the molecule is CCCCCCCCCCc1ccc(-c2ccc3oc(C4CCC(CCCCC)CC4)nc3c2)cc1. The third kappa shape index (κ3) is 7.95. The molecule has 1 fully saturated rings. The summed E-state index contributed by atoms with van der Waals surface area (Å²) >= 11 is 0. The van der Waals surface area contributed by atoms with E-state index in [1.54, 1.807) is 0 Å². The number of hydrogen-bond acceptors (Lipinski definition) is 2. The molecule has 1 saturated carbocycles. The van der Waals surface area contributed by atoms with E-state index in [9.17, 15) is 0 Å². The molecule has 0 N–H and O–H groups in total. The summed E-state index contributed by atoms with van der Waals surface area (Å²) in [6.45, 7) is 4.58. The van der Waals surface area contributed by atoms with Crippen molar-refractivity contribution in [2.24, 2.45) is 5.92 Å². The third-order valence-electron chi connectivity index (χ3n) is 8.42. The van der Waals surface area contributed by atoms with Crippen molar-refractivity contribution in [2.75, 3.05) is 0 Å². The van der Waals surface area contributed by atoms with Crippen molar-refractivity contribution >= 4 is 11.1 Å². The molecule has 0 bridgehead atoms. The number of hydrogen-bond donors (Lipinski definition) is 0. The fourth-order valence-corrected chi connectivity index (χ4v) is 6.01. The van der Waals surface area contributed by atoms with Crippen LogP contribution < -0.4 is 0 Å². The van der Waals surface area contributed by atoms with Crippen molar-refractivity contribution in [2.45, 2.75) is 129 Å². The fourth-order valence-electron chi connectivity index (χ4n) is 6.01. The first-order chi connectivity index (χ1) is 17.8. The smallest absolute Gasteiger partial charge is 0.198 e. The minimum Gasteiger partial charge on any atom is -0.440 e. The Morgan fingerprint density at radius 3 is 2.06 bits per heavy atom. The van der Waals surface area contributed by atoms with E-state index in [0.717, 1.165) is 22.9 Å². The van der Waals surface area contributed by atoms with E-state index in [2.05, 4.69) is 56.3 Å². The van der Waals surface area contributed by atoms with Crippen LogP contribution in [0.5, 0.6) is 0 Å². The molecule has 4 rings (SSSR count). The van der Waals surface area contributed by atoms with Gasteiger partial charge >= 0.3 is 0 Å². The first-order valence-corrected chi connectivity index (χ1v) is 15.3. The molecule has 0 saturated heterocycles. The number of benzene rings is 2. The highest BCUT2D eigenvalue weighted by atomic mass is 16.3. The number of fused-ring (bicyclic) bond motifs is 1. The summed E-state index contributed by atoms with van der Waals surface area (Å²) in [5.74, 6) is 2.39. The molecule has 0 aliphatic heterocycles. The zero-order valence-corrected chi connectivity index (χ0v) is 23.1.